The highest BCUT2D eigenvalue weighted by molar-refractivity contribution is 6.14. The Bertz CT molecular complexity index is 1110. The largest absolute Gasteiger partial charge is 0.316 e. The van der Waals surface area contributed by atoms with Crippen LogP contribution in [0.2, 0.25) is 0 Å². The Labute approximate surface area is 164 Å². The fraction of sp³-hybridized carbons (Fsp3) is 0.174. The summed E-state index contributed by atoms with van der Waals surface area (Å²) in [6, 6.07) is 21.5. The average molecular weight is 366 g/mol. The van der Waals surface area contributed by atoms with Gasteiger partial charge in [-0.25, -0.2) is 0 Å². The molecule has 0 unspecified atom stereocenters. The molecule has 2 aliphatic rings. The molecular formula is C23H18N4O. The van der Waals surface area contributed by atoms with Crippen LogP contribution in [-0.2, 0) is 10.2 Å². The van der Waals surface area contributed by atoms with Crippen molar-refractivity contribution in [2.24, 2.45) is 0 Å². The molecule has 0 atom stereocenters. The van der Waals surface area contributed by atoms with Gasteiger partial charge in [0.25, 0.3) is 0 Å². The first-order valence-electron chi connectivity index (χ1n) is 8.95. The summed E-state index contributed by atoms with van der Waals surface area (Å²) in [5.74, 6) is -0.270. The van der Waals surface area contributed by atoms with Gasteiger partial charge in [-0.2, -0.15) is 10.5 Å². The molecule has 0 radical (unpaired) electrons. The maximum Gasteiger partial charge on any atom is 0.248 e. The smallest absolute Gasteiger partial charge is 0.248 e. The normalized spacial score (nSPS) is 17.7. The van der Waals surface area contributed by atoms with Crippen LogP contribution in [0.4, 0.5) is 11.4 Å². The number of hydrogen-bond acceptors (Lipinski definition) is 4. The minimum Gasteiger partial charge on any atom is -0.316 e. The summed E-state index contributed by atoms with van der Waals surface area (Å²) < 4.78 is 0. The van der Waals surface area contributed by atoms with Gasteiger partial charge in [-0.1, -0.05) is 36.4 Å². The molecule has 0 saturated heterocycles. The lowest BCUT2D eigenvalue weighted by molar-refractivity contribution is -0.120. The summed E-state index contributed by atoms with van der Waals surface area (Å²) in [7, 11) is 1.69. The van der Waals surface area contributed by atoms with Crippen LogP contribution in [0.25, 0.3) is 0 Å². The van der Waals surface area contributed by atoms with E-state index in [0.717, 1.165) is 11.4 Å². The van der Waals surface area contributed by atoms with Crippen LogP contribution in [0.3, 0.4) is 0 Å². The van der Waals surface area contributed by atoms with Gasteiger partial charge in [-0.05, 0) is 32.0 Å². The lowest BCUT2D eigenvalue weighted by atomic mass is 9.67. The third-order valence-electron chi connectivity index (χ3n) is 5.68. The van der Waals surface area contributed by atoms with Crippen LogP contribution in [0.1, 0.15) is 19.4 Å². The Morgan fingerprint density at radius 3 is 1.96 bits per heavy atom. The van der Waals surface area contributed by atoms with Crippen LogP contribution in [0.15, 0.2) is 77.1 Å². The molecule has 0 aliphatic carbocycles. The molecule has 4 rings (SSSR count). The third-order valence-corrected chi connectivity index (χ3v) is 5.68. The molecule has 5 heteroatoms. The van der Waals surface area contributed by atoms with Gasteiger partial charge in [0.2, 0.25) is 5.91 Å². The second kappa shape index (κ2) is 6.11. The zero-order valence-electron chi connectivity index (χ0n) is 15.9. The average Bonchev–Trinajstić information content (AvgIpc) is 2.93. The number of amides is 1. The molecule has 136 valence electrons. The predicted octanol–water partition coefficient (Wildman–Crippen LogP) is 4.02. The Hall–Kier alpha value is -3.83. The number of hydrogen-bond donors (Lipinski definition) is 0. The number of allylic oxidation sites excluding steroid dienone is 2. The molecular weight excluding hydrogens is 348 g/mol. The summed E-state index contributed by atoms with van der Waals surface area (Å²) in [6.45, 7) is 3.67. The van der Waals surface area contributed by atoms with E-state index in [2.05, 4.69) is 12.1 Å². The molecule has 0 aromatic heterocycles. The number of rotatable bonds is 1. The van der Waals surface area contributed by atoms with Gasteiger partial charge >= 0.3 is 0 Å². The molecule has 1 spiro atoms. The van der Waals surface area contributed by atoms with Crippen molar-refractivity contribution < 1.29 is 4.79 Å². The van der Waals surface area contributed by atoms with Crippen LogP contribution in [-0.4, -0.2) is 13.0 Å². The zero-order valence-corrected chi connectivity index (χ0v) is 15.9. The van der Waals surface area contributed by atoms with E-state index in [4.69, 9.17) is 0 Å². The molecule has 0 saturated carbocycles. The Balaban J connectivity index is 2.11. The number of carbonyl (C=O) groups excluding carboxylic acids is 1. The number of para-hydroxylation sites is 2. The number of fused-ring (bicyclic) bond motifs is 2. The fourth-order valence-corrected chi connectivity index (χ4v) is 4.48. The van der Waals surface area contributed by atoms with Gasteiger partial charge in [0.1, 0.15) is 5.41 Å². The highest BCUT2D eigenvalue weighted by Gasteiger charge is 2.59. The molecule has 0 N–H and O–H groups in total. The van der Waals surface area contributed by atoms with Crippen LogP contribution in [0.5, 0.6) is 0 Å². The lowest BCUT2D eigenvalue weighted by Gasteiger charge is -2.40. The van der Waals surface area contributed by atoms with E-state index in [1.807, 2.05) is 73.3 Å². The second-order valence-electron chi connectivity index (χ2n) is 6.95. The van der Waals surface area contributed by atoms with Crippen molar-refractivity contribution in [1.82, 2.24) is 0 Å². The highest BCUT2D eigenvalue weighted by Crippen LogP contribution is 2.54. The second-order valence-corrected chi connectivity index (χ2v) is 6.95. The van der Waals surface area contributed by atoms with Gasteiger partial charge in [0.05, 0.1) is 23.3 Å². The molecule has 1 amide bonds. The number of anilines is 2. The molecule has 0 fully saturated rings. The van der Waals surface area contributed by atoms with E-state index in [9.17, 15) is 15.3 Å². The van der Waals surface area contributed by atoms with Crippen LogP contribution >= 0.6 is 0 Å². The number of carbonyl (C=O) groups is 1. The molecule has 2 aromatic carbocycles. The van der Waals surface area contributed by atoms with Crippen molar-refractivity contribution in [2.45, 2.75) is 19.3 Å². The van der Waals surface area contributed by atoms with E-state index >= 15 is 0 Å². The van der Waals surface area contributed by atoms with Gasteiger partial charge in [-0.3, -0.25) is 4.79 Å². The topological polar surface area (TPSA) is 71.1 Å². The fourth-order valence-electron chi connectivity index (χ4n) is 4.48. The summed E-state index contributed by atoms with van der Waals surface area (Å²) in [4.78, 5) is 17.0. The van der Waals surface area contributed by atoms with Crippen molar-refractivity contribution in [2.75, 3.05) is 16.8 Å². The van der Waals surface area contributed by atoms with Crippen molar-refractivity contribution in [3.05, 3.63) is 82.7 Å². The van der Waals surface area contributed by atoms with Crippen molar-refractivity contribution >= 4 is 17.3 Å². The summed E-state index contributed by atoms with van der Waals surface area (Å²) in [6.07, 6.45) is 0. The molecule has 2 aromatic rings. The molecule has 5 nitrogen and oxygen atoms in total. The van der Waals surface area contributed by atoms with E-state index in [1.54, 1.807) is 11.9 Å². The summed E-state index contributed by atoms with van der Waals surface area (Å²) >= 11 is 0. The maximum atomic E-state index is 13.5. The number of nitrogens with zero attached hydrogens (tertiary/aromatic N) is 4. The molecule has 28 heavy (non-hydrogen) atoms. The first kappa shape index (κ1) is 17.6. The standard InChI is InChI=1S/C23H18N4O/c1-15-19(13-24)23(18-11-7-8-12-21(18)26(3)22(23)28)20(14-25)16(2)27(15)17-9-5-4-6-10-17/h4-12H,1-3H3. The summed E-state index contributed by atoms with van der Waals surface area (Å²) in [5, 5.41) is 20.3. The first-order valence-corrected chi connectivity index (χ1v) is 8.95. The Morgan fingerprint density at radius 2 is 1.39 bits per heavy atom. The first-order chi connectivity index (χ1) is 13.5. The van der Waals surface area contributed by atoms with Gasteiger partial charge < -0.3 is 9.80 Å². The Morgan fingerprint density at radius 1 is 0.857 bits per heavy atom. The van der Waals surface area contributed by atoms with E-state index < -0.39 is 5.41 Å². The molecule has 2 heterocycles. The Kier molecular flexibility index (Phi) is 3.84. The minimum absolute atomic E-state index is 0.270. The van der Waals surface area contributed by atoms with Crippen LogP contribution < -0.4 is 9.80 Å². The van der Waals surface area contributed by atoms with Crippen molar-refractivity contribution in [3.8, 4) is 12.1 Å². The van der Waals surface area contributed by atoms with Gasteiger partial charge in [-0.15, -0.1) is 0 Å². The number of nitriles is 2. The summed E-state index contributed by atoms with van der Waals surface area (Å²) in [5.41, 5.74) is 2.76. The lowest BCUT2D eigenvalue weighted by Crippen LogP contribution is -2.47. The zero-order chi connectivity index (χ0) is 20.1. The molecule has 2 aliphatic heterocycles. The van der Waals surface area contributed by atoms with E-state index in [-0.39, 0.29) is 5.91 Å². The predicted molar refractivity (Wildman–Crippen MR) is 107 cm³/mol. The maximum absolute atomic E-state index is 13.5. The SMILES string of the molecule is CC1=C(C#N)C2(C(=O)N(C)c3ccccc32)C(C#N)=C(C)N1c1ccccc1. The molecule has 0 bridgehead atoms. The van der Waals surface area contributed by atoms with Crippen LogP contribution in [0, 0.1) is 22.7 Å². The minimum atomic E-state index is -1.39. The quantitative estimate of drug-likeness (QED) is 0.764. The van der Waals surface area contributed by atoms with Crippen molar-refractivity contribution in [1.29, 1.82) is 10.5 Å². The highest BCUT2D eigenvalue weighted by atomic mass is 16.2. The number of likely N-dealkylation sites (N-methyl/N-ethyl adjacent to an activating group) is 1. The number of benzene rings is 2. The van der Waals surface area contributed by atoms with Gasteiger partial charge in [0, 0.05) is 35.4 Å². The monoisotopic (exact) mass is 366 g/mol. The van der Waals surface area contributed by atoms with Crippen molar-refractivity contribution in [3.63, 3.8) is 0 Å². The van der Waals surface area contributed by atoms with Gasteiger partial charge in [0.15, 0.2) is 0 Å². The van der Waals surface area contributed by atoms with E-state index in [1.165, 1.54) is 0 Å². The van der Waals surface area contributed by atoms with E-state index in [0.29, 0.717) is 28.1 Å². The third kappa shape index (κ3) is 1.96.